The van der Waals surface area contributed by atoms with E-state index in [2.05, 4.69) is 37.9 Å². The molecule has 78 valence electrons. The molecule has 0 saturated carbocycles. The molecule has 0 fully saturated rings. The molecule has 1 aromatic carbocycles. The summed E-state index contributed by atoms with van der Waals surface area (Å²) in [6.45, 7) is 5.26. The molecule has 1 rings (SSSR count). The number of nitrogens with zero attached hydrogens (tertiary/aromatic N) is 1. The second kappa shape index (κ2) is 5.13. The minimum Gasteiger partial charge on any atom is -0.323 e. The molecule has 1 aromatic rings. The van der Waals surface area contributed by atoms with Crippen LogP contribution in [-0.4, -0.2) is 24.5 Å². The zero-order chi connectivity index (χ0) is 10.6. The number of hydrogen-bond donors (Lipinski definition) is 1. The second-order valence-corrected chi connectivity index (χ2v) is 4.05. The first kappa shape index (κ1) is 11.2. The molecule has 0 aliphatic heterocycles. The topological polar surface area (TPSA) is 29.3 Å². The van der Waals surface area contributed by atoms with Gasteiger partial charge in [0.25, 0.3) is 0 Å². The fourth-order valence-electron chi connectivity index (χ4n) is 1.33. The first-order valence-electron chi connectivity index (χ1n) is 5.12. The van der Waals surface area contributed by atoms with Gasteiger partial charge in [0.2, 0.25) is 0 Å². The smallest absolute Gasteiger partial charge is 0.0424 e. The normalized spacial score (nSPS) is 13.6. The SMILES string of the molecule is CC(C)N(C)C[C@@H](N)c1ccccc1. The maximum absolute atomic E-state index is 6.09. The monoisotopic (exact) mass is 192 g/mol. The molecular weight excluding hydrogens is 172 g/mol. The van der Waals surface area contributed by atoms with Crippen LogP contribution in [0.4, 0.5) is 0 Å². The third-order valence-electron chi connectivity index (χ3n) is 2.59. The van der Waals surface area contributed by atoms with Crippen LogP contribution in [0.5, 0.6) is 0 Å². The predicted octanol–water partition coefficient (Wildman–Crippen LogP) is 2.03. The molecule has 0 aliphatic carbocycles. The standard InChI is InChI=1S/C12H20N2/c1-10(2)14(3)9-12(13)11-7-5-4-6-8-11/h4-8,10,12H,9,13H2,1-3H3/t12-/m1/s1. The Morgan fingerprint density at radius 1 is 1.21 bits per heavy atom. The van der Waals surface area contributed by atoms with Crippen molar-refractivity contribution in [1.82, 2.24) is 4.90 Å². The van der Waals surface area contributed by atoms with Gasteiger partial charge in [-0.3, -0.25) is 0 Å². The number of nitrogens with two attached hydrogens (primary N) is 1. The van der Waals surface area contributed by atoms with Gasteiger partial charge in [-0.1, -0.05) is 30.3 Å². The van der Waals surface area contributed by atoms with Crippen LogP contribution >= 0.6 is 0 Å². The molecule has 0 aliphatic rings. The van der Waals surface area contributed by atoms with Gasteiger partial charge in [0.05, 0.1) is 0 Å². The van der Waals surface area contributed by atoms with Crippen molar-refractivity contribution in [3.05, 3.63) is 35.9 Å². The largest absolute Gasteiger partial charge is 0.323 e. The van der Waals surface area contributed by atoms with Crippen molar-refractivity contribution >= 4 is 0 Å². The van der Waals surface area contributed by atoms with Crippen LogP contribution in [0.1, 0.15) is 25.5 Å². The van der Waals surface area contributed by atoms with Crippen molar-refractivity contribution in [3.8, 4) is 0 Å². The van der Waals surface area contributed by atoms with Gasteiger partial charge in [-0.15, -0.1) is 0 Å². The molecule has 2 nitrogen and oxygen atoms in total. The number of rotatable bonds is 4. The highest BCUT2D eigenvalue weighted by Gasteiger charge is 2.10. The van der Waals surface area contributed by atoms with Crippen LogP contribution in [0, 0.1) is 0 Å². The Morgan fingerprint density at radius 3 is 2.29 bits per heavy atom. The average molecular weight is 192 g/mol. The predicted molar refractivity (Wildman–Crippen MR) is 61.1 cm³/mol. The van der Waals surface area contributed by atoms with E-state index in [4.69, 9.17) is 5.73 Å². The molecule has 0 amide bonds. The van der Waals surface area contributed by atoms with Crippen molar-refractivity contribution in [2.24, 2.45) is 5.73 Å². The summed E-state index contributed by atoms with van der Waals surface area (Å²) in [6, 6.07) is 10.9. The lowest BCUT2D eigenvalue weighted by Gasteiger charge is -2.24. The molecule has 2 heteroatoms. The molecule has 0 unspecified atom stereocenters. The highest BCUT2D eigenvalue weighted by Crippen LogP contribution is 2.11. The second-order valence-electron chi connectivity index (χ2n) is 4.05. The van der Waals surface area contributed by atoms with Gasteiger partial charge in [-0.2, -0.15) is 0 Å². The number of hydrogen-bond acceptors (Lipinski definition) is 2. The zero-order valence-electron chi connectivity index (χ0n) is 9.27. The zero-order valence-corrected chi connectivity index (χ0v) is 9.27. The fraction of sp³-hybridized carbons (Fsp3) is 0.500. The Kier molecular flexibility index (Phi) is 4.11. The van der Waals surface area contributed by atoms with E-state index < -0.39 is 0 Å². The van der Waals surface area contributed by atoms with Gasteiger partial charge in [0, 0.05) is 18.6 Å². The van der Waals surface area contributed by atoms with Crippen LogP contribution in [-0.2, 0) is 0 Å². The number of likely N-dealkylation sites (N-methyl/N-ethyl adjacent to an activating group) is 1. The van der Waals surface area contributed by atoms with E-state index in [0.29, 0.717) is 6.04 Å². The Bertz CT molecular complexity index is 256. The summed E-state index contributed by atoms with van der Waals surface area (Å²) < 4.78 is 0. The minimum atomic E-state index is 0.114. The molecular formula is C12H20N2. The lowest BCUT2D eigenvalue weighted by atomic mass is 10.1. The van der Waals surface area contributed by atoms with Crippen LogP contribution in [0.2, 0.25) is 0 Å². The van der Waals surface area contributed by atoms with Gasteiger partial charge in [0.1, 0.15) is 0 Å². The van der Waals surface area contributed by atoms with Crippen molar-refractivity contribution in [3.63, 3.8) is 0 Å². The quantitative estimate of drug-likeness (QED) is 0.791. The number of benzene rings is 1. The summed E-state index contributed by atoms with van der Waals surface area (Å²) in [5.41, 5.74) is 7.30. The lowest BCUT2D eigenvalue weighted by molar-refractivity contribution is 0.257. The summed E-state index contributed by atoms with van der Waals surface area (Å²) in [5, 5.41) is 0. The van der Waals surface area contributed by atoms with Gasteiger partial charge < -0.3 is 10.6 Å². The van der Waals surface area contributed by atoms with E-state index in [-0.39, 0.29) is 6.04 Å². The molecule has 0 bridgehead atoms. The van der Waals surface area contributed by atoms with E-state index in [1.165, 1.54) is 5.56 Å². The molecule has 0 spiro atoms. The first-order chi connectivity index (χ1) is 6.61. The summed E-state index contributed by atoms with van der Waals surface area (Å²) in [4.78, 5) is 2.26. The van der Waals surface area contributed by atoms with Gasteiger partial charge >= 0.3 is 0 Å². The van der Waals surface area contributed by atoms with E-state index in [1.54, 1.807) is 0 Å². The average Bonchev–Trinajstić information content (AvgIpc) is 2.19. The summed E-state index contributed by atoms with van der Waals surface area (Å²) in [7, 11) is 2.10. The highest BCUT2D eigenvalue weighted by atomic mass is 15.1. The third kappa shape index (κ3) is 3.13. The van der Waals surface area contributed by atoms with Gasteiger partial charge in [-0.05, 0) is 26.5 Å². The van der Waals surface area contributed by atoms with Crippen LogP contribution in [0.3, 0.4) is 0 Å². The minimum absolute atomic E-state index is 0.114. The van der Waals surface area contributed by atoms with Gasteiger partial charge in [0.15, 0.2) is 0 Å². The van der Waals surface area contributed by atoms with E-state index in [0.717, 1.165) is 6.54 Å². The van der Waals surface area contributed by atoms with Crippen LogP contribution in [0.15, 0.2) is 30.3 Å². The van der Waals surface area contributed by atoms with Crippen molar-refractivity contribution in [1.29, 1.82) is 0 Å². The summed E-state index contributed by atoms with van der Waals surface area (Å²) in [6.07, 6.45) is 0. The van der Waals surface area contributed by atoms with Crippen molar-refractivity contribution in [2.45, 2.75) is 25.9 Å². The molecule has 14 heavy (non-hydrogen) atoms. The van der Waals surface area contributed by atoms with E-state index in [1.807, 2.05) is 18.2 Å². The van der Waals surface area contributed by atoms with Crippen LogP contribution < -0.4 is 5.73 Å². The molecule has 0 heterocycles. The molecule has 0 radical (unpaired) electrons. The first-order valence-corrected chi connectivity index (χ1v) is 5.12. The maximum Gasteiger partial charge on any atom is 0.0424 e. The molecule has 1 atom stereocenters. The van der Waals surface area contributed by atoms with Crippen molar-refractivity contribution < 1.29 is 0 Å². The lowest BCUT2D eigenvalue weighted by Crippen LogP contribution is -2.33. The Hall–Kier alpha value is -0.860. The Labute approximate surface area is 86.7 Å². The van der Waals surface area contributed by atoms with E-state index >= 15 is 0 Å². The maximum atomic E-state index is 6.09. The Morgan fingerprint density at radius 2 is 1.79 bits per heavy atom. The molecule has 0 aromatic heterocycles. The Balaban J connectivity index is 2.55. The fourth-order valence-corrected chi connectivity index (χ4v) is 1.33. The van der Waals surface area contributed by atoms with Gasteiger partial charge in [-0.25, -0.2) is 0 Å². The summed E-state index contributed by atoms with van der Waals surface area (Å²) in [5.74, 6) is 0. The van der Waals surface area contributed by atoms with Crippen molar-refractivity contribution in [2.75, 3.05) is 13.6 Å². The third-order valence-corrected chi connectivity index (χ3v) is 2.59. The molecule has 0 saturated heterocycles. The van der Waals surface area contributed by atoms with E-state index in [9.17, 15) is 0 Å². The summed E-state index contributed by atoms with van der Waals surface area (Å²) >= 11 is 0. The highest BCUT2D eigenvalue weighted by molar-refractivity contribution is 5.18. The van der Waals surface area contributed by atoms with Crippen LogP contribution in [0.25, 0.3) is 0 Å². The molecule has 2 N–H and O–H groups in total.